The average molecular weight is 502 g/mol. The Morgan fingerprint density at radius 3 is 1.28 bits per heavy atom. The molecule has 0 aliphatic carbocycles. The Morgan fingerprint density at radius 1 is 0.472 bits per heavy atom. The molecule has 0 amide bonds. The van der Waals surface area contributed by atoms with Crippen LogP contribution in [0.2, 0.25) is 0 Å². The summed E-state index contributed by atoms with van der Waals surface area (Å²) < 4.78 is 0. The van der Waals surface area contributed by atoms with E-state index >= 15 is 0 Å². The number of rotatable bonds is 6. The molecule has 0 aliphatic heterocycles. The third-order valence-electron chi connectivity index (χ3n) is 6.17. The van der Waals surface area contributed by atoms with Crippen molar-refractivity contribution in [2.24, 2.45) is 0 Å². The van der Waals surface area contributed by atoms with Crippen LogP contribution in [0.3, 0.4) is 0 Å². The Labute approximate surface area is 226 Å². The maximum absolute atomic E-state index is 3.05. The van der Waals surface area contributed by atoms with Crippen molar-refractivity contribution in [2.75, 3.05) is 4.90 Å². The minimum absolute atomic E-state index is 0. The van der Waals surface area contributed by atoms with Crippen LogP contribution >= 0.6 is 0 Å². The van der Waals surface area contributed by atoms with E-state index in [0.717, 1.165) is 17.1 Å². The van der Waals surface area contributed by atoms with E-state index in [4.69, 9.17) is 0 Å². The van der Waals surface area contributed by atoms with Gasteiger partial charge in [0, 0.05) is 35.6 Å². The van der Waals surface area contributed by atoms with Crippen LogP contribution in [0.4, 0.5) is 17.1 Å². The van der Waals surface area contributed by atoms with E-state index < -0.39 is 0 Å². The van der Waals surface area contributed by atoms with Crippen molar-refractivity contribution in [3.05, 3.63) is 150 Å². The second kappa shape index (κ2) is 11.8. The second-order valence-electron chi connectivity index (χ2n) is 8.84. The van der Waals surface area contributed by atoms with E-state index in [-0.39, 0.29) is 18.6 Å². The number of hydrogen-bond donors (Lipinski definition) is 0. The number of nitrogens with zero attached hydrogens (tertiary/aromatic N) is 1. The molecule has 0 atom stereocenters. The van der Waals surface area contributed by atoms with Gasteiger partial charge in [-0.1, -0.05) is 83.9 Å². The van der Waals surface area contributed by atoms with E-state index in [9.17, 15) is 0 Å². The third-order valence-corrected chi connectivity index (χ3v) is 6.17. The summed E-state index contributed by atoms with van der Waals surface area (Å²) in [7, 11) is 0. The van der Waals surface area contributed by atoms with E-state index in [1.807, 2.05) is 12.1 Å². The smallest absolute Gasteiger partial charge is 0.0462 e. The maximum Gasteiger partial charge on any atom is 0.0462 e. The number of aryl methyl sites for hydroxylation is 2. The molecule has 0 unspecified atom stereocenters. The van der Waals surface area contributed by atoms with Crippen LogP contribution in [0.15, 0.2) is 121 Å². The van der Waals surface area contributed by atoms with Crippen LogP contribution in [0.1, 0.15) is 22.3 Å². The van der Waals surface area contributed by atoms with Gasteiger partial charge in [-0.15, -0.1) is 5.56 Å². The SMILES string of the molecule is Cc1ccc(N(c2ccc(C)cc2)c2ccc(-c3ccc(/C=C/c4cc[c-]cc4)cc3)cc2)cc1.[V]. The van der Waals surface area contributed by atoms with Gasteiger partial charge in [0.2, 0.25) is 0 Å². The van der Waals surface area contributed by atoms with Crippen LogP contribution in [0, 0.1) is 19.9 Å². The molecule has 0 aromatic heterocycles. The van der Waals surface area contributed by atoms with Crippen LogP contribution < -0.4 is 4.90 Å². The van der Waals surface area contributed by atoms with Crippen LogP contribution in [0.25, 0.3) is 23.3 Å². The van der Waals surface area contributed by atoms with E-state index in [0.29, 0.717) is 0 Å². The zero-order valence-corrected chi connectivity index (χ0v) is 22.0. The van der Waals surface area contributed by atoms with E-state index in [1.165, 1.54) is 33.4 Å². The first-order valence-electron chi connectivity index (χ1n) is 11.9. The Balaban J connectivity index is 0.00000304. The number of hydrogen-bond acceptors (Lipinski definition) is 1. The molecule has 0 bridgehead atoms. The van der Waals surface area contributed by atoms with E-state index in [1.54, 1.807) is 0 Å². The monoisotopic (exact) mass is 501 g/mol. The van der Waals surface area contributed by atoms with Crippen molar-refractivity contribution >= 4 is 29.2 Å². The summed E-state index contributed by atoms with van der Waals surface area (Å²) in [5.41, 5.74) is 10.7. The Hall–Kier alpha value is -3.78. The van der Waals surface area contributed by atoms with Crippen LogP contribution in [0.5, 0.6) is 0 Å². The Morgan fingerprint density at radius 2 is 0.833 bits per heavy atom. The van der Waals surface area contributed by atoms with E-state index in [2.05, 4.69) is 146 Å². The molecular formula is C34H28NV-. The first-order chi connectivity index (χ1) is 17.2. The van der Waals surface area contributed by atoms with Gasteiger partial charge in [-0.3, -0.25) is 0 Å². The second-order valence-corrected chi connectivity index (χ2v) is 8.84. The summed E-state index contributed by atoms with van der Waals surface area (Å²) in [5, 5.41) is 0. The molecule has 0 N–H and O–H groups in total. The van der Waals surface area contributed by atoms with Crippen molar-refractivity contribution < 1.29 is 18.6 Å². The van der Waals surface area contributed by atoms with Gasteiger partial charge in [0.05, 0.1) is 0 Å². The van der Waals surface area contributed by atoms with Gasteiger partial charge in [0.15, 0.2) is 0 Å². The van der Waals surface area contributed by atoms with Gasteiger partial charge in [-0.25, -0.2) is 0 Å². The van der Waals surface area contributed by atoms with Gasteiger partial charge in [0.1, 0.15) is 0 Å². The molecule has 36 heavy (non-hydrogen) atoms. The maximum atomic E-state index is 3.05. The minimum atomic E-state index is 0. The van der Waals surface area contributed by atoms with Gasteiger partial charge >= 0.3 is 0 Å². The zero-order chi connectivity index (χ0) is 24.0. The molecule has 0 saturated heterocycles. The average Bonchev–Trinajstić information content (AvgIpc) is 2.91. The number of benzene rings is 5. The molecule has 2 heteroatoms. The molecule has 0 aliphatic rings. The fourth-order valence-electron chi connectivity index (χ4n) is 4.13. The predicted octanol–water partition coefficient (Wildman–Crippen LogP) is 9.41. The fourth-order valence-corrected chi connectivity index (χ4v) is 4.13. The van der Waals surface area contributed by atoms with Crippen molar-refractivity contribution in [3.63, 3.8) is 0 Å². The van der Waals surface area contributed by atoms with Gasteiger partial charge in [0.25, 0.3) is 0 Å². The third kappa shape index (κ3) is 6.07. The largest absolute Gasteiger partial charge is 0.311 e. The van der Waals surface area contributed by atoms with Crippen molar-refractivity contribution in [1.82, 2.24) is 0 Å². The molecular weight excluding hydrogens is 473 g/mol. The van der Waals surface area contributed by atoms with Gasteiger partial charge in [-0.2, -0.15) is 30.3 Å². The Bertz CT molecular complexity index is 1360. The van der Waals surface area contributed by atoms with Crippen molar-refractivity contribution in [3.8, 4) is 11.1 Å². The quantitative estimate of drug-likeness (QED) is 0.165. The molecule has 175 valence electrons. The van der Waals surface area contributed by atoms with Crippen LogP contribution in [-0.2, 0) is 18.6 Å². The summed E-state index contributed by atoms with van der Waals surface area (Å²) in [5.74, 6) is 0. The topological polar surface area (TPSA) is 3.24 Å². The molecule has 0 heterocycles. The molecule has 0 saturated carbocycles. The summed E-state index contributed by atoms with van der Waals surface area (Å²) in [6.07, 6.45) is 4.27. The molecule has 5 rings (SSSR count). The normalized spacial score (nSPS) is 10.7. The molecule has 5 aromatic rings. The summed E-state index contributed by atoms with van der Waals surface area (Å²) in [6.45, 7) is 4.24. The summed E-state index contributed by atoms with van der Waals surface area (Å²) in [6, 6.07) is 46.0. The van der Waals surface area contributed by atoms with Gasteiger partial charge in [-0.05, 0) is 66.9 Å². The van der Waals surface area contributed by atoms with Crippen molar-refractivity contribution in [1.29, 1.82) is 0 Å². The minimum Gasteiger partial charge on any atom is -0.311 e. The molecule has 0 fully saturated rings. The molecule has 5 aromatic carbocycles. The molecule has 0 spiro atoms. The predicted molar refractivity (Wildman–Crippen MR) is 150 cm³/mol. The van der Waals surface area contributed by atoms with Crippen LogP contribution in [-0.4, -0.2) is 0 Å². The molecule has 1 nitrogen and oxygen atoms in total. The Kier molecular flexibility index (Phi) is 8.28. The number of anilines is 3. The van der Waals surface area contributed by atoms with Crippen molar-refractivity contribution in [2.45, 2.75) is 13.8 Å². The standard InChI is InChI=1S/C34H28N.V/c1-26-8-20-32(21-9-26)35(33-22-10-27(2)11-23-33)34-24-18-31(19-25-34)30-16-14-29(15-17-30)13-12-28-6-4-3-5-7-28;/h4-25H,1-2H3;/q-1;/b13-12+;. The molecule has 1 radical (unpaired) electrons. The van der Waals surface area contributed by atoms with Gasteiger partial charge < -0.3 is 4.90 Å². The first kappa shape index (κ1) is 25.3. The summed E-state index contributed by atoms with van der Waals surface area (Å²) >= 11 is 0. The summed E-state index contributed by atoms with van der Waals surface area (Å²) in [4.78, 5) is 2.30. The fraction of sp³-hybridized carbons (Fsp3) is 0.0588. The first-order valence-corrected chi connectivity index (χ1v) is 11.9. The zero-order valence-electron chi connectivity index (χ0n) is 20.6.